The first-order valence-corrected chi connectivity index (χ1v) is 7.51. The van der Waals surface area contributed by atoms with Crippen LogP contribution in [0, 0.1) is 5.92 Å². The van der Waals surface area contributed by atoms with Crippen LogP contribution in [-0.4, -0.2) is 11.1 Å². The van der Waals surface area contributed by atoms with Gasteiger partial charge in [-0.1, -0.05) is 47.0 Å². The molecule has 1 unspecified atom stereocenters. The largest absolute Gasteiger partial charge is 0.481 e. The van der Waals surface area contributed by atoms with Gasteiger partial charge in [0.25, 0.3) is 0 Å². The summed E-state index contributed by atoms with van der Waals surface area (Å²) in [5.41, 5.74) is 1.08. The van der Waals surface area contributed by atoms with E-state index < -0.39 is 5.97 Å². The molecule has 2 nitrogen and oxygen atoms in total. The van der Waals surface area contributed by atoms with Crippen LogP contribution in [0.1, 0.15) is 37.7 Å². The highest BCUT2D eigenvalue weighted by molar-refractivity contribution is 9.10. The van der Waals surface area contributed by atoms with Crippen molar-refractivity contribution in [3.05, 3.63) is 47.0 Å². The van der Waals surface area contributed by atoms with Gasteiger partial charge < -0.3 is 5.11 Å². The average Bonchev–Trinajstić information content (AvgIpc) is 2.39. The third-order valence-corrected chi connectivity index (χ3v) is 3.73. The summed E-state index contributed by atoms with van der Waals surface area (Å²) in [5, 5.41) is 9.27. The lowest BCUT2D eigenvalue weighted by Crippen LogP contribution is -2.16. The van der Waals surface area contributed by atoms with E-state index in [-0.39, 0.29) is 5.92 Å². The molecule has 0 spiro atoms. The van der Waals surface area contributed by atoms with Gasteiger partial charge in [0.2, 0.25) is 0 Å². The lowest BCUT2D eigenvalue weighted by Gasteiger charge is -2.12. The van der Waals surface area contributed by atoms with E-state index in [0.717, 1.165) is 42.1 Å². The van der Waals surface area contributed by atoms with Crippen molar-refractivity contribution >= 4 is 21.9 Å². The minimum absolute atomic E-state index is 0.273. The Morgan fingerprint density at radius 1 is 1.26 bits per heavy atom. The molecule has 0 aromatic heterocycles. The van der Waals surface area contributed by atoms with E-state index in [1.54, 1.807) is 0 Å². The fraction of sp³-hybridized carbons (Fsp3) is 0.438. The molecule has 0 amide bonds. The van der Waals surface area contributed by atoms with Gasteiger partial charge in [-0.2, -0.15) is 0 Å². The van der Waals surface area contributed by atoms with Gasteiger partial charge in [0, 0.05) is 4.47 Å². The van der Waals surface area contributed by atoms with Crippen molar-refractivity contribution in [2.75, 3.05) is 0 Å². The van der Waals surface area contributed by atoms with Crippen molar-refractivity contribution in [3.8, 4) is 0 Å². The van der Waals surface area contributed by atoms with Crippen LogP contribution in [0.25, 0.3) is 0 Å². The molecule has 104 valence electrons. The predicted octanol–water partition coefficient (Wildman–Crippen LogP) is 4.83. The number of unbranched alkanes of at least 4 members (excludes halogenated alkanes) is 3. The summed E-state index contributed by atoms with van der Waals surface area (Å²) in [6, 6.07) is 7.88. The number of benzene rings is 1. The van der Waals surface area contributed by atoms with Gasteiger partial charge in [0.05, 0.1) is 5.92 Å². The lowest BCUT2D eigenvalue weighted by atomic mass is 9.93. The minimum atomic E-state index is -0.688. The van der Waals surface area contributed by atoms with E-state index >= 15 is 0 Å². The summed E-state index contributed by atoms with van der Waals surface area (Å²) in [7, 11) is 0. The molecule has 3 heteroatoms. The Labute approximate surface area is 123 Å². The van der Waals surface area contributed by atoms with E-state index in [4.69, 9.17) is 0 Å². The summed E-state index contributed by atoms with van der Waals surface area (Å²) < 4.78 is 1.02. The molecule has 19 heavy (non-hydrogen) atoms. The first kappa shape index (κ1) is 16.0. The fourth-order valence-electron chi connectivity index (χ4n) is 2.07. The summed E-state index contributed by atoms with van der Waals surface area (Å²) in [4.78, 5) is 11.3. The molecule has 0 radical (unpaired) electrons. The van der Waals surface area contributed by atoms with Crippen LogP contribution in [-0.2, 0) is 11.2 Å². The quantitative estimate of drug-likeness (QED) is 0.521. The van der Waals surface area contributed by atoms with E-state index in [2.05, 4.69) is 22.5 Å². The molecular formula is C16H21BrO2. The highest BCUT2D eigenvalue weighted by Crippen LogP contribution is 2.18. The second-order valence-corrected chi connectivity index (χ2v) is 5.71. The zero-order valence-corrected chi connectivity index (χ0v) is 12.7. The molecular weight excluding hydrogens is 304 g/mol. The molecule has 0 bridgehead atoms. The fourth-order valence-corrected chi connectivity index (χ4v) is 2.34. The van der Waals surface area contributed by atoms with Crippen LogP contribution >= 0.6 is 15.9 Å². The molecule has 0 aliphatic rings. The molecule has 1 aromatic rings. The van der Waals surface area contributed by atoms with Crippen molar-refractivity contribution < 1.29 is 9.90 Å². The maximum Gasteiger partial charge on any atom is 0.306 e. The standard InChI is InChI=1S/C16H21BrO2/c1-2-3-4-5-6-7-14(16(18)19)12-13-8-10-15(17)11-9-13/h2,8-11,14H,1,3-7,12H2,(H,18,19). The maximum absolute atomic E-state index is 11.3. The van der Waals surface area contributed by atoms with Gasteiger partial charge in [-0.3, -0.25) is 4.79 Å². The number of hydrogen-bond acceptors (Lipinski definition) is 1. The highest BCUT2D eigenvalue weighted by Gasteiger charge is 2.17. The monoisotopic (exact) mass is 324 g/mol. The number of halogens is 1. The van der Waals surface area contributed by atoms with Crippen LogP contribution < -0.4 is 0 Å². The average molecular weight is 325 g/mol. The Bertz CT molecular complexity index is 398. The zero-order valence-electron chi connectivity index (χ0n) is 11.1. The first-order chi connectivity index (χ1) is 9.13. The van der Waals surface area contributed by atoms with Crippen LogP contribution in [0.3, 0.4) is 0 Å². The number of allylic oxidation sites excluding steroid dienone is 1. The second kappa shape index (κ2) is 8.92. The Kier molecular flexibility index (Phi) is 7.49. The molecule has 0 aliphatic heterocycles. The van der Waals surface area contributed by atoms with E-state index in [1.165, 1.54) is 0 Å². The van der Waals surface area contributed by atoms with Crippen molar-refractivity contribution in [3.63, 3.8) is 0 Å². The molecule has 1 rings (SSSR count). The van der Waals surface area contributed by atoms with E-state index in [0.29, 0.717) is 6.42 Å². The van der Waals surface area contributed by atoms with Crippen molar-refractivity contribution in [1.82, 2.24) is 0 Å². The number of hydrogen-bond donors (Lipinski definition) is 1. The Morgan fingerprint density at radius 3 is 2.53 bits per heavy atom. The van der Waals surface area contributed by atoms with E-state index in [9.17, 15) is 9.90 Å². The number of carboxylic acid groups (broad SMARTS) is 1. The molecule has 1 atom stereocenters. The SMILES string of the molecule is C=CCCCCCC(Cc1ccc(Br)cc1)C(=O)O. The predicted molar refractivity (Wildman–Crippen MR) is 82.3 cm³/mol. The topological polar surface area (TPSA) is 37.3 Å². The number of carboxylic acids is 1. The molecule has 0 aliphatic carbocycles. The summed E-state index contributed by atoms with van der Waals surface area (Å²) in [6.07, 6.45) is 7.46. The lowest BCUT2D eigenvalue weighted by molar-refractivity contribution is -0.142. The van der Waals surface area contributed by atoms with Crippen molar-refractivity contribution in [2.24, 2.45) is 5.92 Å². The Balaban J connectivity index is 2.42. The molecule has 1 aromatic carbocycles. The van der Waals surface area contributed by atoms with Gasteiger partial charge in [-0.25, -0.2) is 0 Å². The molecule has 0 fully saturated rings. The molecule has 0 heterocycles. The van der Waals surface area contributed by atoms with Crippen LogP contribution in [0.5, 0.6) is 0 Å². The normalized spacial score (nSPS) is 12.1. The Morgan fingerprint density at radius 2 is 1.95 bits per heavy atom. The Hall–Kier alpha value is -1.09. The van der Waals surface area contributed by atoms with Crippen LogP contribution in [0.15, 0.2) is 41.4 Å². The zero-order chi connectivity index (χ0) is 14.1. The highest BCUT2D eigenvalue weighted by atomic mass is 79.9. The molecule has 1 N–H and O–H groups in total. The number of aliphatic carboxylic acids is 1. The van der Waals surface area contributed by atoms with Gasteiger partial charge in [-0.15, -0.1) is 6.58 Å². The second-order valence-electron chi connectivity index (χ2n) is 4.79. The number of rotatable bonds is 9. The number of carbonyl (C=O) groups is 1. The van der Waals surface area contributed by atoms with Crippen LogP contribution in [0.2, 0.25) is 0 Å². The van der Waals surface area contributed by atoms with Gasteiger partial charge in [-0.05, 0) is 43.4 Å². The smallest absolute Gasteiger partial charge is 0.306 e. The van der Waals surface area contributed by atoms with Gasteiger partial charge in [0.15, 0.2) is 0 Å². The molecule has 0 saturated heterocycles. The summed E-state index contributed by atoms with van der Waals surface area (Å²) in [5.74, 6) is -0.962. The van der Waals surface area contributed by atoms with Crippen molar-refractivity contribution in [2.45, 2.75) is 38.5 Å². The molecule has 0 saturated carbocycles. The van der Waals surface area contributed by atoms with Crippen molar-refractivity contribution in [1.29, 1.82) is 0 Å². The third kappa shape index (κ3) is 6.58. The van der Waals surface area contributed by atoms with Gasteiger partial charge in [0.1, 0.15) is 0 Å². The van der Waals surface area contributed by atoms with Crippen LogP contribution in [0.4, 0.5) is 0 Å². The minimum Gasteiger partial charge on any atom is -0.481 e. The maximum atomic E-state index is 11.3. The summed E-state index contributed by atoms with van der Waals surface area (Å²) in [6.45, 7) is 3.69. The first-order valence-electron chi connectivity index (χ1n) is 6.71. The van der Waals surface area contributed by atoms with E-state index in [1.807, 2.05) is 30.3 Å². The van der Waals surface area contributed by atoms with Gasteiger partial charge >= 0.3 is 5.97 Å². The summed E-state index contributed by atoms with van der Waals surface area (Å²) >= 11 is 3.38. The third-order valence-electron chi connectivity index (χ3n) is 3.21.